The first-order valence-corrected chi connectivity index (χ1v) is 10.9. The molecule has 0 unspecified atom stereocenters. The first-order chi connectivity index (χ1) is 14.1. The minimum atomic E-state index is -0.525. The first-order valence-electron chi connectivity index (χ1n) is 10.00. The number of carbonyl (C=O) groups excluding carboxylic acids is 1. The summed E-state index contributed by atoms with van der Waals surface area (Å²) in [5.41, 5.74) is 9.55. The van der Waals surface area contributed by atoms with Crippen LogP contribution in [0.5, 0.6) is 0 Å². The summed E-state index contributed by atoms with van der Waals surface area (Å²) in [7, 11) is 0. The van der Waals surface area contributed by atoms with E-state index < -0.39 is 6.04 Å². The maximum Gasteiger partial charge on any atom is 0.239 e. The van der Waals surface area contributed by atoms with E-state index in [4.69, 9.17) is 10.7 Å². The van der Waals surface area contributed by atoms with Gasteiger partial charge in [0.2, 0.25) is 5.91 Å². The Hall–Kier alpha value is -2.57. The van der Waals surface area contributed by atoms with Gasteiger partial charge in [-0.1, -0.05) is 30.3 Å². The molecule has 2 aromatic heterocycles. The molecule has 1 saturated heterocycles. The van der Waals surface area contributed by atoms with Crippen LogP contribution in [0.3, 0.4) is 0 Å². The molecule has 0 saturated carbocycles. The number of amides is 1. The molecule has 5 nitrogen and oxygen atoms in total. The van der Waals surface area contributed by atoms with Crippen LogP contribution >= 0.6 is 11.3 Å². The quantitative estimate of drug-likeness (QED) is 0.705. The third-order valence-electron chi connectivity index (χ3n) is 5.89. The standard InChI is InChI=1S/C23H26N4OS/c1-17-26-21(16-29-17)23(19-5-3-2-4-6-19)9-13-27(14-10-23)22(28)20(24)15-18-7-11-25-12-8-18/h2-8,11-12,16,20H,9-10,13-15,24H2,1H3/t20-/m1/s1. The van der Waals surface area contributed by atoms with Gasteiger partial charge in [0.25, 0.3) is 0 Å². The van der Waals surface area contributed by atoms with E-state index in [0.717, 1.165) is 29.1 Å². The van der Waals surface area contributed by atoms with Crippen molar-refractivity contribution in [1.29, 1.82) is 0 Å². The lowest BCUT2D eigenvalue weighted by atomic mass is 9.70. The van der Waals surface area contributed by atoms with E-state index in [9.17, 15) is 4.79 Å². The third-order valence-corrected chi connectivity index (χ3v) is 6.66. The molecule has 6 heteroatoms. The van der Waals surface area contributed by atoms with E-state index in [1.165, 1.54) is 5.56 Å². The average Bonchev–Trinajstić information content (AvgIpc) is 3.21. The zero-order chi connectivity index (χ0) is 20.3. The number of likely N-dealkylation sites (tertiary alicyclic amines) is 1. The number of aromatic nitrogens is 2. The molecular weight excluding hydrogens is 380 g/mol. The summed E-state index contributed by atoms with van der Waals surface area (Å²) in [5.74, 6) is 0.0259. The molecule has 3 aromatic rings. The third kappa shape index (κ3) is 4.09. The van der Waals surface area contributed by atoms with E-state index in [-0.39, 0.29) is 11.3 Å². The summed E-state index contributed by atoms with van der Waals surface area (Å²) < 4.78 is 0. The second-order valence-electron chi connectivity index (χ2n) is 7.69. The van der Waals surface area contributed by atoms with Crippen LogP contribution in [0.1, 0.15) is 34.7 Å². The van der Waals surface area contributed by atoms with Crippen molar-refractivity contribution in [3.8, 4) is 0 Å². The predicted octanol–water partition coefficient (Wildman–Crippen LogP) is 3.33. The predicted molar refractivity (Wildman–Crippen MR) is 116 cm³/mol. The number of thiazole rings is 1. The number of carbonyl (C=O) groups is 1. The van der Waals surface area contributed by atoms with E-state index in [2.05, 4.69) is 34.6 Å². The molecule has 29 heavy (non-hydrogen) atoms. The zero-order valence-electron chi connectivity index (χ0n) is 16.6. The van der Waals surface area contributed by atoms with Gasteiger partial charge in [-0.3, -0.25) is 9.78 Å². The Labute approximate surface area is 175 Å². The smallest absolute Gasteiger partial charge is 0.239 e. The fourth-order valence-electron chi connectivity index (χ4n) is 4.24. The van der Waals surface area contributed by atoms with Gasteiger partial charge >= 0.3 is 0 Å². The maximum atomic E-state index is 13.0. The van der Waals surface area contributed by atoms with Gasteiger partial charge in [0, 0.05) is 36.3 Å². The Balaban J connectivity index is 1.50. The van der Waals surface area contributed by atoms with Crippen LogP contribution < -0.4 is 5.73 Å². The topological polar surface area (TPSA) is 72.1 Å². The molecular formula is C23H26N4OS. The minimum Gasteiger partial charge on any atom is -0.341 e. The first kappa shape index (κ1) is 19.7. The number of pyridine rings is 1. The molecule has 1 aliphatic rings. The van der Waals surface area contributed by atoms with E-state index in [1.54, 1.807) is 23.7 Å². The number of piperidine rings is 1. The highest BCUT2D eigenvalue weighted by molar-refractivity contribution is 7.09. The van der Waals surface area contributed by atoms with E-state index >= 15 is 0 Å². The van der Waals surface area contributed by atoms with Crippen molar-refractivity contribution in [3.63, 3.8) is 0 Å². The molecule has 0 aliphatic carbocycles. The molecule has 0 bridgehead atoms. The van der Waals surface area contributed by atoms with Crippen molar-refractivity contribution in [2.24, 2.45) is 5.73 Å². The molecule has 1 amide bonds. The summed E-state index contributed by atoms with van der Waals surface area (Å²) in [6.45, 7) is 3.42. The van der Waals surface area contributed by atoms with Crippen LogP contribution in [0.25, 0.3) is 0 Å². The Bertz CT molecular complexity index is 949. The van der Waals surface area contributed by atoms with Crippen molar-refractivity contribution in [1.82, 2.24) is 14.9 Å². The lowest BCUT2D eigenvalue weighted by molar-refractivity contribution is -0.134. The van der Waals surface area contributed by atoms with Crippen LogP contribution in [0.15, 0.2) is 60.2 Å². The number of nitrogens with zero attached hydrogens (tertiary/aromatic N) is 3. The molecule has 1 atom stereocenters. The molecule has 1 fully saturated rings. The Kier molecular flexibility index (Phi) is 5.74. The molecule has 150 valence electrons. The fourth-order valence-corrected chi connectivity index (χ4v) is 4.95. The summed E-state index contributed by atoms with van der Waals surface area (Å²) in [6, 6.07) is 13.9. The number of aryl methyl sites for hydroxylation is 1. The summed E-state index contributed by atoms with van der Waals surface area (Å²) in [6.07, 6.45) is 5.71. The van der Waals surface area contributed by atoms with Gasteiger partial charge in [-0.2, -0.15) is 0 Å². The molecule has 0 spiro atoms. The second-order valence-corrected chi connectivity index (χ2v) is 8.75. The monoisotopic (exact) mass is 406 g/mol. The second kappa shape index (κ2) is 8.43. The Morgan fingerprint density at radius 2 is 1.86 bits per heavy atom. The molecule has 0 radical (unpaired) electrons. The highest BCUT2D eigenvalue weighted by Gasteiger charge is 2.41. The van der Waals surface area contributed by atoms with Gasteiger partial charge in [-0.25, -0.2) is 4.98 Å². The molecule has 3 heterocycles. The van der Waals surface area contributed by atoms with Gasteiger partial charge in [0.1, 0.15) is 0 Å². The number of hydrogen-bond donors (Lipinski definition) is 1. The van der Waals surface area contributed by atoms with Gasteiger partial charge < -0.3 is 10.6 Å². The number of benzene rings is 1. The van der Waals surface area contributed by atoms with Gasteiger partial charge in [0.05, 0.1) is 16.7 Å². The van der Waals surface area contributed by atoms with Crippen molar-refractivity contribution < 1.29 is 4.79 Å². The summed E-state index contributed by atoms with van der Waals surface area (Å²) >= 11 is 1.69. The lowest BCUT2D eigenvalue weighted by Crippen LogP contribution is -2.51. The number of nitrogens with two attached hydrogens (primary N) is 1. The molecule has 2 N–H and O–H groups in total. The SMILES string of the molecule is Cc1nc(C2(c3ccccc3)CCN(C(=O)[C@H](N)Cc3ccncc3)CC2)cs1. The summed E-state index contributed by atoms with van der Waals surface area (Å²) in [4.78, 5) is 23.7. The highest BCUT2D eigenvalue weighted by atomic mass is 32.1. The Morgan fingerprint density at radius 1 is 1.17 bits per heavy atom. The van der Waals surface area contributed by atoms with E-state index in [0.29, 0.717) is 19.5 Å². The van der Waals surface area contributed by atoms with Crippen LogP contribution in [0, 0.1) is 6.92 Å². The molecule has 4 rings (SSSR count). The highest BCUT2D eigenvalue weighted by Crippen LogP contribution is 2.42. The van der Waals surface area contributed by atoms with Crippen molar-refractivity contribution in [2.45, 2.75) is 37.6 Å². The van der Waals surface area contributed by atoms with Crippen LogP contribution in [0.2, 0.25) is 0 Å². The van der Waals surface area contributed by atoms with Crippen molar-refractivity contribution >= 4 is 17.2 Å². The van der Waals surface area contributed by atoms with E-state index in [1.807, 2.05) is 30.0 Å². The maximum absolute atomic E-state index is 13.0. The lowest BCUT2D eigenvalue weighted by Gasteiger charge is -2.42. The Morgan fingerprint density at radius 3 is 2.48 bits per heavy atom. The number of rotatable bonds is 5. The fraction of sp³-hybridized carbons (Fsp3) is 0.348. The molecule has 1 aromatic carbocycles. The minimum absolute atomic E-state index is 0.0259. The van der Waals surface area contributed by atoms with Gasteiger partial charge in [-0.15, -0.1) is 11.3 Å². The van der Waals surface area contributed by atoms with Crippen LogP contribution in [-0.4, -0.2) is 39.9 Å². The average molecular weight is 407 g/mol. The van der Waals surface area contributed by atoms with Gasteiger partial charge in [-0.05, 0) is 49.4 Å². The van der Waals surface area contributed by atoms with Crippen LogP contribution in [0.4, 0.5) is 0 Å². The largest absolute Gasteiger partial charge is 0.341 e. The van der Waals surface area contributed by atoms with Crippen molar-refractivity contribution in [3.05, 3.63) is 82.1 Å². The summed E-state index contributed by atoms with van der Waals surface area (Å²) in [5, 5.41) is 3.25. The zero-order valence-corrected chi connectivity index (χ0v) is 17.4. The van der Waals surface area contributed by atoms with Gasteiger partial charge in [0.15, 0.2) is 0 Å². The normalized spacial score (nSPS) is 17.1. The number of hydrogen-bond acceptors (Lipinski definition) is 5. The molecule has 1 aliphatic heterocycles. The van der Waals surface area contributed by atoms with Crippen LogP contribution in [-0.2, 0) is 16.6 Å². The van der Waals surface area contributed by atoms with Crippen molar-refractivity contribution in [2.75, 3.05) is 13.1 Å².